The fourth-order valence-electron chi connectivity index (χ4n) is 3.00. The minimum Gasteiger partial charge on any atom is -0.493 e. The van der Waals surface area contributed by atoms with E-state index < -0.39 is 0 Å². The van der Waals surface area contributed by atoms with Crippen LogP contribution in [0.5, 0.6) is 23.0 Å². The molecule has 0 aliphatic heterocycles. The molecule has 3 rings (SSSR count). The summed E-state index contributed by atoms with van der Waals surface area (Å²) in [5.41, 5.74) is 2.95. The van der Waals surface area contributed by atoms with Gasteiger partial charge < -0.3 is 18.9 Å². The van der Waals surface area contributed by atoms with Gasteiger partial charge in [0.2, 0.25) is 0 Å². The van der Waals surface area contributed by atoms with Crippen molar-refractivity contribution in [1.29, 1.82) is 0 Å². The zero-order valence-electron chi connectivity index (χ0n) is 16.3. The number of carbonyl (C=O) groups is 1. The van der Waals surface area contributed by atoms with Crippen LogP contribution in [0.4, 0.5) is 0 Å². The van der Waals surface area contributed by atoms with Gasteiger partial charge >= 0.3 is 0 Å². The average molecular weight is 378 g/mol. The molecule has 5 nitrogen and oxygen atoms in total. The van der Waals surface area contributed by atoms with E-state index in [9.17, 15) is 4.79 Å². The Morgan fingerprint density at radius 1 is 0.571 bits per heavy atom. The van der Waals surface area contributed by atoms with Gasteiger partial charge in [-0.25, -0.2) is 0 Å². The van der Waals surface area contributed by atoms with Crippen LogP contribution in [0.25, 0.3) is 11.1 Å². The Bertz CT molecular complexity index is 994. The highest BCUT2D eigenvalue weighted by molar-refractivity contribution is 6.09. The van der Waals surface area contributed by atoms with Crippen molar-refractivity contribution in [3.8, 4) is 34.1 Å². The number of methoxy groups -OCH3 is 4. The van der Waals surface area contributed by atoms with Gasteiger partial charge in [-0.15, -0.1) is 0 Å². The van der Waals surface area contributed by atoms with E-state index in [2.05, 4.69) is 0 Å². The van der Waals surface area contributed by atoms with Crippen LogP contribution in [0, 0.1) is 0 Å². The summed E-state index contributed by atoms with van der Waals surface area (Å²) in [6.07, 6.45) is 0. The predicted octanol–water partition coefficient (Wildman–Crippen LogP) is 4.62. The Hall–Kier alpha value is -3.47. The van der Waals surface area contributed by atoms with Crippen molar-refractivity contribution in [3.63, 3.8) is 0 Å². The second-order valence-electron chi connectivity index (χ2n) is 6.05. The van der Waals surface area contributed by atoms with Gasteiger partial charge in [-0.05, 0) is 47.5 Å². The van der Waals surface area contributed by atoms with E-state index in [-0.39, 0.29) is 5.78 Å². The quantitative estimate of drug-likeness (QED) is 0.562. The summed E-state index contributed by atoms with van der Waals surface area (Å²) in [5.74, 6) is 2.30. The van der Waals surface area contributed by atoms with Crippen LogP contribution in [0.3, 0.4) is 0 Å². The van der Waals surface area contributed by atoms with Gasteiger partial charge in [-0.3, -0.25) is 4.79 Å². The monoisotopic (exact) mass is 378 g/mol. The Kier molecular flexibility index (Phi) is 5.84. The van der Waals surface area contributed by atoms with Crippen molar-refractivity contribution in [3.05, 3.63) is 71.8 Å². The summed E-state index contributed by atoms with van der Waals surface area (Å²) in [7, 11) is 6.30. The second-order valence-corrected chi connectivity index (χ2v) is 6.05. The lowest BCUT2D eigenvalue weighted by molar-refractivity contribution is 0.103. The topological polar surface area (TPSA) is 54.0 Å². The molecule has 0 radical (unpaired) electrons. The minimum absolute atomic E-state index is 0.0942. The summed E-state index contributed by atoms with van der Waals surface area (Å²) in [4.78, 5) is 13.0. The molecule has 0 aliphatic carbocycles. The highest BCUT2D eigenvalue weighted by Crippen LogP contribution is 2.33. The molecule has 0 atom stereocenters. The first-order valence-electron chi connectivity index (χ1n) is 8.70. The number of benzene rings is 3. The van der Waals surface area contributed by atoms with Crippen LogP contribution in [0.15, 0.2) is 60.7 Å². The number of hydrogen-bond acceptors (Lipinski definition) is 5. The second kappa shape index (κ2) is 8.48. The van der Waals surface area contributed by atoms with Crippen molar-refractivity contribution in [2.75, 3.05) is 28.4 Å². The summed E-state index contributed by atoms with van der Waals surface area (Å²) in [5, 5.41) is 0. The Morgan fingerprint density at radius 2 is 1.11 bits per heavy atom. The van der Waals surface area contributed by atoms with Crippen molar-refractivity contribution >= 4 is 5.78 Å². The lowest BCUT2D eigenvalue weighted by atomic mass is 9.98. The summed E-state index contributed by atoms with van der Waals surface area (Å²) >= 11 is 0. The van der Waals surface area contributed by atoms with Gasteiger partial charge in [0.25, 0.3) is 0 Å². The Morgan fingerprint density at radius 3 is 1.75 bits per heavy atom. The lowest BCUT2D eigenvalue weighted by Gasteiger charge is -2.11. The van der Waals surface area contributed by atoms with Crippen LogP contribution < -0.4 is 18.9 Å². The molecular weight excluding hydrogens is 356 g/mol. The van der Waals surface area contributed by atoms with Gasteiger partial charge in [-0.2, -0.15) is 0 Å². The van der Waals surface area contributed by atoms with Crippen molar-refractivity contribution in [1.82, 2.24) is 0 Å². The average Bonchev–Trinajstić information content (AvgIpc) is 2.77. The van der Waals surface area contributed by atoms with Crippen LogP contribution in [-0.2, 0) is 0 Å². The number of ketones is 1. The summed E-state index contributed by atoms with van der Waals surface area (Å²) in [6.45, 7) is 0. The molecule has 0 saturated carbocycles. The predicted molar refractivity (Wildman–Crippen MR) is 108 cm³/mol. The zero-order chi connectivity index (χ0) is 20.1. The first-order valence-corrected chi connectivity index (χ1v) is 8.70. The molecule has 3 aromatic carbocycles. The maximum Gasteiger partial charge on any atom is 0.193 e. The standard InChI is InChI=1S/C23H22O5/c1-25-19-10-8-16(13-21(19)27-3)15-6-5-7-17(12-15)23(24)18-9-11-20(26-2)22(14-18)28-4/h5-14H,1-4H3. The molecule has 0 heterocycles. The number of rotatable bonds is 7. The first-order chi connectivity index (χ1) is 13.6. The van der Waals surface area contributed by atoms with Crippen molar-refractivity contribution in [2.24, 2.45) is 0 Å². The maximum atomic E-state index is 13.0. The van der Waals surface area contributed by atoms with Gasteiger partial charge in [-0.1, -0.05) is 24.3 Å². The molecule has 0 spiro atoms. The highest BCUT2D eigenvalue weighted by Gasteiger charge is 2.14. The van der Waals surface area contributed by atoms with Gasteiger partial charge in [0.1, 0.15) is 0 Å². The fourth-order valence-corrected chi connectivity index (χ4v) is 3.00. The molecule has 0 unspecified atom stereocenters. The molecule has 0 aromatic heterocycles. The van der Waals surface area contributed by atoms with E-state index in [0.29, 0.717) is 34.1 Å². The number of carbonyl (C=O) groups excluding carboxylic acids is 1. The molecule has 0 N–H and O–H groups in total. The molecule has 0 amide bonds. The third-order valence-electron chi connectivity index (χ3n) is 4.49. The zero-order valence-corrected chi connectivity index (χ0v) is 16.3. The van der Waals surface area contributed by atoms with Crippen LogP contribution in [-0.4, -0.2) is 34.2 Å². The third-order valence-corrected chi connectivity index (χ3v) is 4.49. The minimum atomic E-state index is -0.0942. The number of hydrogen-bond donors (Lipinski definition) is 0. The van der Waals surface area contributed by atoms with E-state index in [4.69, 9.17) is 18.9 Å². The molecule has 0 aliphatic rings. The molecule has 28 heavy (non-hydrogen) atoms. The Labute approximate surface area is 164 Å². The van der Waals surface area contributed by atoms with E-state index >= 15 is 0 Å². The smallest absolute Gasteiger partial charge is 0.193 e. The number of ether oxygens (including phenoxy) is 4. The normalized spacial score (nSPS) is 10.3. The molecule has 0 saturated heterocycles. The Balaban J connectivity index is 1.96. The molecule has 144 valence electrons. The van der Waals surface area contributed by atoms with Crippen molar-refractivity contribution in [2.45, 2.75) is 0 Å². The molecular formula is C23H22O5. The molecule has 0 fully saturated rings. The van der Waals surface area contributed by atoms with Gasteiger partial charge in [0.15, 0.2) is 28.8 Å². The van der Waals surface area contributed by atoms with Crippen LogP contribution >= 0.6 is 0 Å². The van der Waals surface area contributed by atoms with Crippen molar-refractivity contribution < 1.29 is 23.7 Å². The molecule has 0 bridgehead atoms. The van der Waals surface area contributed by atoms with E-state index in [0.717, 1.165) is 11.1 Å². The SMILES string of the molecule is COc1ccc(C(=O)c2cccc(-c3ccc(OC)c(OC)c3)c2)cc1OC. The fraction of sp³-hybridized carbons (Fsp3) is 0.174. The van der Waals surface area contributed by atoms with Crippen LogP contribution in [0.1, 0.15) is 15.9 Å². The first kappa shape index (κ1) is 19.3. The van der Waals surface area contributed by atoms with E-state index in [1.807, 2.05) is 36.4 Å². The largest absolute Gasteiger partial charge is 0.493 e. The summed E-state index contributed by atoms with van der Waals surface area (Å²) < 4.78 is 21.2. The molecule has 5 heteroatoms. The molecule has 3 aromatic rings. The van der Waals surface area contributed by atoms with Gasteiger partial charge in [0.05, 0.1) is 28.4 Å². The van der Waals surface area contributed by atoms with Gasteiger partial charge in [0, 0.05) is 11.1 Å². The lowest BCUT2D eigenvalue weighted by Crippen LogP contribution is -2.02. The third kappa shape index (κ3) is 3.78. The van der Waals surface area contributed by atoms with E-state index in [1.165, 1.54) is 0 Å². The maximum absolute atomic E-state index is 13.0. The van der Waals surface area contributed by atoms with E-state index in [1.54, 1.807) is 52.7 Å². The summed E-state index contributed by atoms with van der Waals surface area (Å²) in [6, 6.07) is 18.3. The van der Waals surface area contributed by atoms with Crippen LogP contribution in [0.2, 0.25) is 0 Å². The highest BCUT2D eigenvalue weighted by atomic mass is 16.5.